The third kappa shape index (κ3) is 3.38. The summed E-state index contributed by atoms with van der Waals surface area (Å²) in [5.74, 6) is -0.272. The van der Waals surface area contributed by atoms with Gasteiger partial charge >= 0.3 is 11.7 Å². The zero-order valence-corrected chi connectivity index (χ0v) is 8.34. The van der Waals surface area contributed by atoms with Crippen LogP contribution in [0.1, 0.15) is 18.9 Å². The first-order chi connectivity index (χ1) is 7.13. The number of rotatable bonds is 4. The molecule has 0 radical (unpaired) electrons. The summed E-state index contributed by atoms with van der Waals surface area (Å²) in [5.41, 5.74) is 0.906. The van der Waals surface area contributed by atoms with E-state index in [0.29, 0.717) is 6.42 Å². The number of esters is 1. The highest BCUT2D eigenvalue weighted by atomic mass is 16.6. The summed E-state index contributed by atoms with van der Waals surface area (Å²) < 4.78 is 4.88. The summed E-state index contributed by atoms with van der Waals surface area (Å²) in [7, 11) is 0. The molecule has 80 valence electrons. The van der Waals surface area contributed by atoms with Crippen LogP contribution < -0.4 is 0 Å². The van der Waals surface area contributed by atoms with Crippen LogP contribution in [-0.2, 0) is 16.1 Å². The minimum Gasteiger partial charge on any atom is -0.461 e. The third-order valence-electron chi connectivity index (χ3n) is 1.85. The second-order valence-corrected chi connectivity index (χ2v) is 2.95. The smallest absolute Gasteiger partial charge is 0.316 e. The summed E-state index contributed by atoms with van der Waals surface area (Å²) >= 11 is 0. The summed E-state index contributed by atoms with van der Waals surface area (Å²) in [6.45, 7) is 1.89. The molecule has 0 bridgehead atoms. The maximum Gasteiger partial charge on any atom is 0.316 e. The Bertz CT molecular complexity index is 358. The van der Waals surface area contributed by atoms with Crippen molar-refractivity contribution >= 4 is 11.7 Å². The van der Waals surface area contributed by atoms with Crippen LogP contribution >= 0.6 is 0 Å². The lowest BCUT2D eigenvalue weighted by molar-refractivity contribution is -0.729. The van der Waals surface area contributed by atoms with Crippen molar-refractivity contribution in [3.8, 4) is 0 Å². The first-order valence-electron chi connectivity index (χ1n) is 4.54. The molecule has 5 heteroatoms. The normalized spacial score (nSPS) is 9.67. The molecule has 0 unspecified atom stereocenters. The topological polar surface area (TPSA) is 66.6 Å². The Morgan fingerprint density at radius 3 is 2.47 bits per heavy atom. The van der Waals surface area contributed by atoms with Crippen LogP contribution in [0.2, 0.25) is 0 Å². The standard InChI is InChI=1S/C10H12NO4/c1-2-10(12)15-7-8-3-5-9(6-4-8)11(13)14/h3-6H,2,7H2,1H3,(H,13,14)/q+1. The average molecular weight is 210 g/mol. The summed E-state index contributed by atoms with van der Waals surface area (Å²) in [4.78, 5) is 21.1. The molecule has 0 amide bonds. The van der Waals surface area contributed by atoms with Crippen LogP contribution in [0.15, 0.2) is 24.3 Å². The molecule has 0 atom stereocenters. The second-order valence-electron chi connectivity index (χ2n) is 2.95. The minimum absolute atomic E-state index is 0.139. The SMILES string of the molecule is CCC(=O)OCc1ccc([N+](=O)O)cc1. The fourth-order valence-electron chi connectivity index (χ4n) is 0.986. The van der Waals surface area contributed by atoms with E-state index in [-0.39, 0.29) is 23.2 Å². The summed E-state index contributed by atoms with van der Waals surface area (Å²) in [6, 6.07) is 6.11. The van der Waals surface area contributed by atoms with Gasteiger partial charge in [0.15, 0.2) is 0 Å². The van der Waals surface area contributed by atoms with Gasteiger partial charge in [-0.1, -0.05) is 6.92 Å². The highest BCUT2D eigenvalue weighted by Crippen LogP contribution is 2.11. The number of ether oxygens (including phenoxy) is 1. The van der Waals surface area contributed by atoms with Crippen LogP contribution in [-0.4, -0.2) is 16.1 Å². The Morgan fingerprint density at radius 2 is 2.00 bits per heavy atom. The fourth-order valence-corrected chi connectivity index (χ4v) is 0.986. The van der Waals surface area contributed by atoms with Crippen molar-refractivity contribution < 1.29 is 19.7 Å². The predicted molar refractivity (Wildman–Crippen MR) is 51.6 cm³/mol. The monoisotopic (exact) mass is 210 g/mol. The van der Waals surface area contributed by atoms with Crippen LogP contribution in [0.5, 0.6) is 0 Å². The van der Waals surface area contributed by atoms with Crippen molar-refractivity contribution in [2.75, 3.05) is 0 Å². The Hall–Kier alpha value is -1.91. The van der Waals surface area contributed by atoms with Gasteiger partial charge in [-0.15, -0.1) is 0 Å². The Morgan fingerprint density at radius 1 is 1.40 bits per heavy atom. The van der Waals surface area contributed by atoms with Gasteiger partial charge in [-0.25, -0.2) is 5.21 Å². The van der Waals surface area contributed by atoms with Crippen molar-refractivity contribution in [2.45, 2.75) is 20.0 Å². The van der Waals surface area contributed by atoms with Crippen LogP contribution in [0.4, 0.5) is 5.69 Å². The molecule has 0 saturated heterocycles. The first-order valence-corrected chi connectivity index (χ1v) is 4.54. The molecule has 0 aromatic heterocycles. The molecule has 1 N–H and O–H groups in total. The molecule has 1 aromatic rings. The maximum absolute atomic E-state index is 10.8. The van der Waals surface area contributed by atoms with Crippen LogP contribution in [0.25, 0.3) is 0 Å². The van der Waals surface area contributed by atoms with Gasteiger partial charge in [-0.2, -0.15) is 0 Å². The molecule has 0 saturated carbocycles. The van der Waals surface area contributed by atoms with Gasteiger partial charge in [0.2, 0.25) is 0 Å². The maximum atomic E-state index is 10.8. The third-order valence-corrected chi connectivity index (χ3v) is 1.85. The van der Waals surface area contributed by atoms with E-state index < -0.39 is 0 Å². The van der Waals surface area contributed by atoms with Crippen molar-refractivity contribution in [1.82, 2.24) is 0 Å². The van der Waals surface area contributed by atoms with Crippen molar-refractivity contribution in [1.29, 1.82) is 0 Å². The minimum atomic E-state index is -0.272. The van der Waals surface area contributed by atoms with E-state index in [1.54, 1.807) is 19.1 Å². The van der Waals surface area contributed by atoms with Crippen molar-refractivity contribution in [2.24, 2.45) is 0 Å². The Balaban J connectivity index is 2.57. The number of hydrogen-bond acceptors (Lipinski definition) is 3. The molecule has 0 aliphatic carbocycles. The lowest BCUT2D eigenvalue weighted by Crippen LogP contribution is -2.02. The quantitative estimate of drug-likeness (QED) is 0.609. The lowest BCUT2D eigenvalue weighted by atomic mass is 10.2. The highest BCUT2D eigenvalue weighted by molar-refractivity contribution is 5.68. The highest BCUT2D eigenvalue weighted by Gasteiger charge is 2.10. The first kappa shape index (κ1) is 11.2. The van der Waals surface area contributed by atoms with Gasteiger partial charge in [0, 0.05) is 18.6 Å². The zero-order valence-electron chi connectivity index (χ0n) is 8.34. The van der Waals surface area contributed by atoms with E-state index in [1.165, 1.54) is 12.1 Å². The molecular weight excluding hydrogens is 198 g/mol. The molecule has 5 nitrogen and oxygen atoms in total. The van der Waals surface area contributed by atoms with E-state index in [0.717, 1.165) is 5.56 Å². The van der Waals surface area contributed by atoms with Gasteiger partial charge in [-0.05, 0) is 17.7 Å². The largest absolute Gasteiger partial charge is 0.461 e. The number of benzene rings is 1. The molecular formula is C10H12NO4+. The molecule has 1 rings (SSSR count). The molecule has 15 heavy (non-hydrogen) atoms. The number of hydrogen-bond donors (Lipinski definition) is 1. The molecule has 0 aliphatic heterocycles. The summed E-state index contributed by atoms with van der Waals surface area (Å²) in [6.07, 6.45) is 0.336. The van der Waals surface area contributed by atoms with E-state index in [9.17, 15) is 9.70 Å². The lowest BCUT2D eigenvalue weighted by Gasteiger charge is -2.01. The Kier molecular flexibility index (Phi) is 3.79. The Labute approximate surface area is 86.8 Å². The molecule has 1 aromatic carbocycles. The average Bonchev–Trinajstić information content (AvgIpc) is 2.26. The van der Waals surface area contributed by atoms with Gasteiger partial charge in [0.25, 0.3) is 4.92 Å². The van der Waals surface area contributed by atoms with E-state index in [4.69, 9.17) is 9.94 Å². The molecule has 0 aliphatic rings. The van der Waals surface area contributed by atoms with Gasteiger partial charge < -0.3 is 4.74 Å². The van der Waals surface area contributed by atoms with Crippen molar-refractivity contribution in [3.05, 3.63) is 34.7 Å². The van der Waals surface area contributed by atoms with Gasteiger partial charge in [0.1, 0.15) is 6.61 Å². The fraction of sp³-hybridized carbons (Fsp3) is 0.300. The predicted octanol–water partition coefficient (Wildman–Crippen LogP) is 1.94. The van der Waals surface area contributed by atoms with Crippen LogP contribution in [0, 0.1) is 4.91 Å². The number of nitrogens with zero attached hydrogens (tertiary/aromatic N) is 1. The molecule has 0 fully saturated rings. The van der Waals surface area contributed by atoms with E-state index in [1.807, 2.05) is 0 Å². The van der Waals surface area contributed by atoms with Crippen LogP contribution in [0.3, 0.4) is 0 Å². The summed E-state index contributed by atoms with van der Waals surface area (Å²) in [5, 5.41) is 8.56. The van der Waals surface area contributed by atoms with Gasteiger partial charge in [0.05, 0.1) is 4.91 Å². The zero-order chi connectivity index (χ0) is 11.3. The van der Waals surface area contributed by atoms with Crippen molar-refractivity contribution in [3.63, 3.8) is 0 Å². The second kappa shape index (κ2) is 5.09. The van der Waals surface area contributed by atoms with Gasteiger partial charge in [-0.3, -0.25) is 4.79 Å². The number of carbonyl (C=O) groups excluding carboxylic acids is 1. The van der Waals surface area contributed by atoms with E-state index >= 15 is 0 Å². The number of carbonyl (C=O) groups is 1. The molecule has 0 heterocycles. The molecule has 0 spiro atoms. The van der Waals surface area contributed by atoms with E-state index in [2.05, 4.69) is 0 Å².